The van der Waals surface area contributed by atoms with E-state index in [0.29, 0.717) is 45.4 Å². The fraction of sp³-hybridized carbons (Fsp3) is 0.636. The first-order chi connectivity index (χ1) is 15.3. The third-order valence-corrected chi connectivity index (χ3v) is 5.42. The highest BCUT2D eigenvalue weighted by molar-refractivity contribution is 5.94. The zero-order valence-corrected chi connectivity index (χ0v) is 18.2. The minimum Gasteiger partial charge on any atom is -0.388 e. The normalized spacial score (nSPS) is 24.1. The smallest absolute Gasteiger partial charge is 0.254 e. The second-order valence-electron chi connectivity index (χ2n) is 7.94. The van der Waals surface area contributed by atoms with Gasteiger partial charge in [-0.3, -0.25) is 9.59 Å². The maximum atomic E-state index is 13.3. The van der Waals surface area contributed by atoms with Crippen molar-refractivity contribution in [2.24, 2.45) is 5.73 Å². The summed E-state index contributed by atoms with van der Waals surface area (Å²) in [6, 6.07) is 4.98. The standard InChI is InChI=1S/C22H34FN3O6/c23-17-7-5-16(6-8-17)22(31)26-12-11-25(20(29)4-3-9-24)10-1-2-13-32-15-19(28)21(30)18(27)14-26/h5-8,18-19,21,27-28,30H,1-4,9-15,24H2/t18-,19+,21+/m0/s1. The molecule has 1 aliphatic rings. The molecule has 32 heavy (non-hydrogen) atoms. The van der Waals surface area contributed by atoms with Crippen LogP contribution in [0, 0.1) is 5.82 Å². The predicted octanol–water partition coefficient (Wildman–Crippen LogP) is -0.271. The molecule has 2 amide bonds. The van der Waals surface area contributed by atoms with Gasteiger partial charge in [0, 0.05) is 44.8 Å². The molecule has 1 heterocycles. The molecular weight excluding hydrogens is 421 g/mol. The molecule has 1 fully saturated rings. The van der Waals surface area contributed by atoms with Gasteiger partial charge in [0.05, 0.1) is 6.61 Å². The van der Waals surface area contributed by atoms with Crippen LogP contribution in [0.3, 0.4) is 0 Å². The number of amides is 2. The molecule has 1 aromatic rings. The van der Waals surface area contributed by atoms with Gasteiger partial charge in [0.1, 0.15) is 24.1 Å². The van der Waals surface area contributed by atoms with Crippen molar-refractivity contribution in [1.29, 1.82) is 0 Å². The van der Waals surface area contributed by atoms with Crippen LogP contribution < -0.4 is 5.73 Å². The molecule has 180 valence electrons. The van der Waals surface area contributed by atoms with E-state index in [9.17, 15) is 29.3 Å². The van der Waals surface area contributed by atoms with Crippen molar-refractivity contribution in [3.05, 3.63) is 35.6 Å². The maximum absolute atomic E-state index is 13.3. The highest BCUT2D eigenvalue weighted by Crippen LogP contribution is 2.12. The highest BCUT2D eigenvalue weighted by Gasteiger charge is 2.29. The number of β-amino-alcohol motifs (C(OH)–C–C–N with tert-alkyl or cyclic N) is 1. The number of benzene rings is 1. The van der Waals surface area contributed by atoms with E-state index < -0.39 is 30.0 Å². The van der Waals surface area contributed by atoms with Crippen LogP contribution >= 0.6 is 0 Å². The van der Waals surface area contributed by atoms with E-state index in [1.807, 2.05) is 0 Å². The molecule has 0 bridgehead atoms. The lowest BCUT2D eigenvalue weighted by Crippen LogP contribution is -2.50. The first-order valence-corrected chi connectivity index (χ1v) is 11.0. The Morgan fingerprint density at radius 1 is 1.03 bits per heavy atom. The third-order valence-electron chi connectivity index (χ3n) is 5.42. The van der Waals surface area contributed by atoms with Crippen LogP contribution in [0.1, 0.15) is 36.0 Å². The van der Waals surface area contributed by atoms with E-state index in [1.54, 1.807) is 4.90 Å². The largest absolute Gasteiger partial charge is 0.388 e. The lowest BCUT2D eigenvalue weighted by atomic mass is 10.1. The lowest BCUT2D eigenvalue weighted by molar-refractivity contribution is -0.131. The van der Waals surface area contributed by atoms with Crippen molar-refractivity contribution in [2.45, 2.75) is 44.0 Å². The second-order valence-corrected chi connectivity index (χ2v) is 7.94. The average molecular weight is 456 g/mol. The summed E-state index contributed by atoms with van der Waals surface area (Å²) in [7, 11) is 0. The van der Waals surface area contributed by atoms with Crippen LogP contribution in [-0.4, -0.2) is 101 Å². The molecule has 1 aromatic carbocycles. The van der Waals surface area contributed by atoms with Crippen LogP contribution in [0.2, 0.25) is 0 Å². The van der Waals surface area contributed by atoms with Crippen molar-refractivity contribution >= 4 is 11.8 Å². The van der Waals surface area contributed by atoms with Gasteiger partial charge in [-0.2, -0.15) is 0 Å². The number of aliphatic hydroxyl groups is 3. The molecule has 1 aliphatic heterocycles. The molecule has 10 heteroatoms. The van der Waals surface area contributed by atoms with Gasteiger partial charge in [-0.15, -0.1) is 0 Å². The van der Waals surface area contributed by atoms with Gasteiger partial charge in [0.25, 0.3) is 5.91 Å². The lowest BCUT2D eigenvalue weighted by Gasteiger charge is -2.32. The minimum absolute atomic E-state index is 0.0753. The summed E-state index contributed by atoms with van der Waals surface area (Å²) in [6.07, 6.45) is -2.12. The highest BCUT2D eigenvalue weighted by atomic mass is 19.1. The van der Waals surface area contributed by atoms with E-state index in [1.165, 1.54) is 17.0 Å². The first-order valence-electron chi connectivity index (χ1n) is 11.0. The Morgan fingerprint density at radius 2 is 1.72 bits per heavy atom. The van der Waals surface area contributed by atoms with E-state index in [2.05, 4.69) is 0 Å². The Balaban J connectivity index is 2.21. The molecule has 3 atom stereocenters. The number of halogens is 1. The zero-order chi connectivity index (χ0) is 23.5. The summed E-state index contributed by atoms with van der Waals surface area (Å²) in [4.78, 5) is 28.6. The molecule has 5 N–H and O–H groups in total. The zero-order valence-electron chi connectivity index (χ0n) is 18.2. The second kappa shape index (κ2) is 13.4. The summed E-state index contributed by atoms with van der Waals surface area (Å²) in [5, 5.41) is 30.8. The molecule has 0 unspecified atom stereocenters. The van der Waals surface area contributed by atoms with Crippen molar-refractivity contribution < 1.29 is 34.0 Å². The molecule has 9 nitrogen and oxygen atoms in total. The summed E-state index contributed by atoms with van der Waals surface area (Å²) >= 11 is 0. The Kier molecular flexibility index (Phi) is 11.0. The van der Waals surface area contributed by atoms with Crippen LogP contribution in [-0.2, 0) is 9.53 Å². The quantitative estimate of drug-likeness (QED) is 0.491. The molecular formula is C22H34FN3O6. The van der Waals surface area contributed by atoms with Crippen molar-refractivity contribution in [2.75, 3.05) is 45.9 Å². The first kappa shape index (κ1) is 26.1. The predicted molar refractivity (Wildman–Crippen MR) is 115 cm³/mol. The van der Waals surface area contributed by atoms with Crippen molar-refractivity contribution in [3.8, 4) is 0 Å². The van der Waals surface area contributed by atoms with Crippen LogP contribution in [0.4, 0.5) is 4.39 Å². The van der Waals surface area contributed by atoms with Gasteiger partial charge in [0.15, 0.2) is 0 Å². The van der Waals surface area contributed by atoms with Crippen LogP contribution in [0.5, 0.6) is 0 Å². The third kappa shape index (κ3) is 8.10. The Labute approximate surface area is 187 Å². The number of nitrogens with two attached hydrogens (primary N) is 1. The van der Waals surface area contributed by atoms with Gasteiger partial charge < -0.3 is 35.6 Å². The molecule has 0 aromatic heterocycles. The topological polar surface area (TPSA) is 137 Å². The summed E-state index contributed by atoms with van der Waals surface area (Å²) in [5.41, 5.74) is 5.72. The maximum Gasteiger partial charge on any atom is 0.254 e. The van der Waals surface area contributed by atoms with Gasteiger partial charge in [-0.05, 0) is 50.1 Å². The van der Waals surface area contributed by atoms with Gasteiger partial charge in [-0.1, -0.05) is 0 Å². The Morgan fingerprint density at radius 3 is 2.41 bits per heavy atom. The van der Waals surface area contributed by atoms with E-state index in [-0.39, 0.29) is 37.7 Å². The number of ether oxygens (including phenoxy) is 1. The minimum atomic E-state index is -1.52. The van der Waals surface area contributed by atoms with E-state index in [0.717, 1.165) is 12.1 Å². The monoisotopic (exact) mass is 455 g/mol. The molecule has 0 spiro atoms. The number of hydrogen-bond acceptors (Lipinski definition) is 7. The average Bonchev–Trinajstić information content (AvgIpc) is 2.79. The summed E-state index contributed by atoms with van der Waals surface area (Å²) in [5.74, 6) is -1.05. The van der Waals surface area contributed by atoms with Crippen LogP contribution in [0.15, 0.2) is 24.3 Å². The Hall–Kier alpha value is -2.11. The fourth-order valence-corrected chi connectivity index (χ4v) is 3.46. The molecule has 0 saturated carbocycles. The Bertz CT molecular complexity index is 720. The number of carbonyl (C=O) groups excluding carboxylic acids is 2. The number of hydrogen-bond donors (Lipinski definition) is 4. The van der Waals surface area contributed by atoms with E-state index >= 15 is 0 Å². The molecule has 1 saturated heterocycles. The van der Waals surface area contributed by atoms with Crippen LogP contribution in [0.25, 0.3) is 0 Å². The molecule has 2 rings (SSSR count). The van der Waals surface area contributed by atoms with Gasteiger partial charge in [0.2, 0.25) is 5.91 Å². The summed E-state index contributed by atoms with van der Waals surface area (Å²) < 4.78 is 18.6. The molecule has 0 radical (unpaired) electrons. The van der Waals surface area contributed by atoms with Crippen molar-refractivity contribution in [1.82, 2.24) is 9.80 Å². The fourth-order valence-electron chi connectivity index (χ4n) is 3.46. The van der Waals surface area contributed by atoms with E-state index in [4.69, 9.17) is 10.5 Å². The SMILES string of the molecule is NCCCC(=O)N1CCCCOC[C@@H](O)[C@H](O)[C@@H](O)CN(C(=O)c2ccc(F)cc2)CC1. The number of carbonyl (C=O) groups is 2. The van der Waals surface area contributed by atoms with Crippen molar-refractivity contribution in [3.63, 3.8) is 0 Å². The molecule has 0 aliphatic carbocycles. The number of aliphatic hydroxyl groups excluding tert-OH is 3. The van der Waals surface area contributed by atoms with Gasteiger partial charge >= 0.3 is 0 Å². The van der Waals surface area contributed by atoms with Gasteiger partial charge in [-0.25, -0.2) is 4.39 Å². The number of rotatable bonds is 4. The summed E-state index contributed by atoms with van der Waals surface area (Å²) in [6.45, 7) is 1.10. The number of nitrogens with zero attached hydrogens (tertiary/aromatic N) is 2.